The van der Waals surface area contributed by atoms with Gasteiger partial charge in [0.05, 0.1) is 13.1 Å². The standard InChI is InChI=1S/C20H25N3O2/c1-12-7-8-17-16(9-12)18(22-21-17)20(24)23-10-15(11-23)25-19-13(2)5-4-6-14(19)3/h4-6,12,15H,7-11H2,1-3H3,(H,21,22)/t12-/m0/s1. The maximum atomic E-state index is 12.8. The quantitative estimate of drug-likeness (QED) is 0.935. The zero-order valence-corrected chi connectivity index (χ0v) is 15.1. The predicted molar refractivity (Wildman–Crippen MR) is 96.0 cm³/mol. The second-order valence-electron chi connectivity index (χ2n) is 7.55. The summed E-state index contributed by atoms with van der Waals surface area (Å²) >= 11 is 0. The average molecular weight is 339 g/mol. The highest BCUT2D eigenvalue weighted by Gasteiger charge is 2.36. The van der Waals surface area contributed by atoms with Crippen LogP contribution in [0.25, 0.3) is 0 Å². The summed E-state index contributed by atoms with van der Waals surface area (Å²) < 4.78 is 6.12. The van der Waals surface area contributed by atoms with Crippen molar-refractivity contribution in [3.8, 4) is 5.75 Å². The van der Waals surface area contributed by atoms with Gasteiger partial charge in [0.2, 0.25) is 0 Å². The van der Waals surface area contributed by atoms with Crippen molar-refractivity contribution < 1.29 is 9.53 Å². The molecular formula is C20H25N3O2. The summed E-state index contributed by atoms with van der Waals surface area (Å²) in [6, 6.07) is 6.15. The van der Waals surface area contributed by atoms with E-state index >= 15 is 0 Å². The number of aromatic nitrogens is 2. The monoisotopic (exact) mass is 339 g/mol. The fourth-order valence-electron chi connectivity index (χ4n) is 3.83. The minimum absolute atomic E-state index is 0.0351. The molecule has 1 fully saturated rings. The third-order valence-corrected chi connectivity index (χ3v) is 5.42. The molecule has 1 aliphatic heterocycles. The van der Waals surface area contributed by atoms with E-state index < -0.39 is 0 Å². The summed E-state index contributed by atoms with van der Waals surface area (Å²) in [7, 11) is 0. The number of nitrogens with zero attached hydrogens (tertiary/aromatic N) is 2. The summed E-state index contributed by atoms with van der Waals surface area (Å²) in [6.45, 7) is 7.61. The summed E-state index contributed by atoms with van der Waals surface area (Å²) in [5.41, 5.74) is 5.17. The van der Waals surface area contributed by atoms with Gasteiger partial charge in [-0.05, 0) is 50.2 Å². The van der Waals surface area contributed by atoms with Gasteiger partial charge in [-0.25, -0.2) is 0 Å². The Morgan fingerprint density at radius 3 is 2.72 bits per heavy atom. The predicted octanol–water partition coefficient (Wildman–Crippen LogP) is 3.05. The van der Waals surface area contributed by atoms with Crippen molar-refractivity contribution in [3.63, 3.8) is 0 Å². The van der Waals surface area contributed by atoms with Crippen molar-refractivity contribution >= 4 is 5.91 Å². The molecule has 1 amide bonds. The molecule has 1 aromatic heterocycles. The summed E-state index contributed by atoms with van der Waals surface area (Å²) in [5, 5.41) is 7.38. The molecule has 2 aromatic rings. The maximum Gasteiger partial charge on any atom is 0.274 e. The number of amides is 1. The van der Waals surface area contributed by atoms with Gasteiger partial charge in [-0.15, -0.1) is 0 Å². The van der Waals surface area contributed by atoms with E-state index in [1.165, 1.54) is 0 Å². The lowest BCUT2D eigenvalue weighted by Crippen LogP contribution is -2.56. The van der Waals surface area contributed by atoms with Gasteiger partial charge in [0.15, 0.2) is 5.69 Å². The smallest absolute Gasteiger partial charge is 0.274 e. The second-order valence-corrected chi connectivity index (χ2v) is 7.55. The first-order valence-electron chi connectivity index (χ1n) is 9.11. The summed E-state index contributed by atoms with van der Waals surface area (Å²) in [4.78, 5) is 14.6. The molecule has 1 saturated heterocycles. The molecule has 2 heterocycles. The highest BCUT2D eigenvalue weighted by molar-refractivity contribution is 5.94. The fourth-order valence-corrected chi connectivity index (χ4v) is 3.83. The normalized spacial score (nSPS) is 20.1. The molecule has 0 radical (unpaired) electrons. The number of carbonyl (C=O) groups is 1. The first-order valence-corrected chi connectivity index (χ1v) is 9.11. The molecule has 0 saturated carbocycles. The first-order chi connectivity index (χ1) is 12.0. The topological polar surface area (TPSA) is 58.2 Å². The van der Waals surface area contributed by atoms with Crippen LogP contribution < -0.4 is 4.74 Å². The highest BCUT2D eigenvalue weighted by Crippen LogP contribution is 2.29. The molecule has 25 heavy (non-hydrogen) atoms. The lowest BCUT2D eigenvalue weighted by molar-refractivity contribution is 0.0167. The number of hydrogen-bond donors (Lipinski definition) is 1. The van der Waals surface area contributed by atoms with Crippen molar-refractivity contribution in [1.82, 2.24) is 15.1 Å². The minimum atomic E-state index is 0.0351. The maximum absolute atomic E-state index is 12.8. The highest BCUT2D eigenvalue weighted by atomic mass is 16.5. The number of hydrogen-bond acceptors (Lipinski definition) is 3. The number of rotatable bonds is 3. The molecule has 4 rings (SSSR count). The first kappa shape index (κ1) is 16.2. The Bertz CT molecular complexity index is 785. The molecule has 0 spiro atoms. The van der Waals surface area contributed by atoms with Crippen molar-refractivity contribution in [3.05, 3.63) is 46.3 Å². The van der Waals surface area contributed by atoms with Gasteiger partial charge < -0.3 is 9.64 Å². The Kier molecular flexibility index (Phi) is 4.02. The van der Waals surface area contributed by atoms with E-state index in [4.69, 9.17) is 4.74 Å². The van der Waals surface area contributed by atoms with E-state index in [1.807, 2.05) is 11.0 Å². The Morgan fingerprint density at radius 1 is 1.28 bits per heavy atom. The molecule has 132 valence electrons. The van der Waals surface area contributed by atoms with Gasteiger partial charge in [-0.2, -0.15) is 5.10 Å². The Hall–Kier alpha value is -2.30. The van der Waals surface area contributed by atoms with Crippen LogP contribution in [0.5, 0.6) is 5.75 Å². The van der Waals surface area contributed by atoms with Gasteiger partial charge in [-0.1, -0.05) is 25.1 Å². The minimum Gasteiger partial charge on any atom is -0.486 e. The molecule has 1 N–H and O–H groups in total. The van der Waals surface area contributed by atoms with Gasteiger partial charge >= 0.3 is 0 Å². The van der Waals surface area contributed by atoms with Gasteiger partial charge in [0.1, 0.15) is 11.9 Å². The van der Waals surface area contributed by atoms with Crippen molar-refractivity contribution in [2.45, 2.75) is 46.1 Å². The number of fused-ring (bicyclic) bond motifs is 1. The van der Waals surface area contributed by atoms with E-state index in [1.54, 1.807) is 0 Å². The zero-order chi connectivity index (χ0) is 17.6. The van der Waals surface area contributed by atoms with Crippen molar-refractivity contribution in [1.29, 1.82) is 0 Å². The molecule has 0 bridgehead atoms. The van der Waals surface area contributed by atoms with Gasteiger partial charge in [0, 0.05) is 11.3 Å². The molecule has 5 heteroatoms. The number of carbonyl (C=O) groups excluding carboxylic acids is 1. The number of aromatic amines is 1. The SMILES string of the molecule is Cc1cccc(C)c1OC1CN(C(=O)c2n[nH]c3c2C[C@@H](C)CC3)C1. The van der Waals surface area contributed by atoms with Crippen LogP contribution in [0.2, 0.25) is 0 Å². The largest absolute Gasteiger partial charge is 0.486 e. The van der Waals surface area contributed by atoms with Crippen LogP contribution >= 0.6 is 0 Å². The molecule has 1 aliphatic carbocycles. The average Bonchev–Trinajstić information content (AvgIpc) is 2.95. The van der Waals surface area contributed by atoms with Crippen LogP contribution in [-0.4, -0.2) is 40.2 Å². The lowest BCUT2D eigenvalue weighted by Gasteiger charge is -2.39. The second kappa shape index (κ2) is 6.21. The Morgan fingerprint density at radius 2 is 2.00 bits per heavy atom. The number of benzene rings is 1. The number of nitrogens with one attached hydrogen (secondary N) is 1. The number of para-hydroxylation sites is 1. The third kappa shape index (κ3) is 2.92. The molecule has 2 aliphatic rings. The number of H-pyrrole nitrogens is 1. The number of aryl methyl sites for hydroxylation is 3. The van der Waals surface area contributed by atoms with E-state index in [0.717, 1.165) is 47.4 Å². The lowest BCUT2D eigenvalue weighted by atomic mass is 9.87. The Balaban J connectivity index is 1.41. The van der Waals surface area contributed by atoms with Crippen LogP contribution in [0, 0.1) is 19.8 Å². The van der Waals surface area contributed by atoms with Gasteiger partial charge in [-0.3, -0.25) is 9.89 Å². The summed E-state index contributed by atoms with van der Waals surface area (Å²) in [5.74, 6) is 1.60. The molecule has 5 nitrogen and oxygen atoms in total. The van der Waals surface area contributed by atoms with E-state index in [0.29, 0.717) is 24.7 Å². The van der Waals surface area contributed by atoms with Gasteiger partial charge in [0.25, 0.3) is 5.91 Å². The van der Waals surface area contributed by atoms with E-state index in [2.05, 4.69) is 43.1 Å². The van der Waals surface area contributed by atoms with Crippen molar-refractivity contribution in [2.24, 2.45) is 5.92 Å². The Labute approximate surface area is 148 Å². The van der Waals surface area contributed by atoms with Crippen LogP contribution in [0.1, 0.15) is 46.2 Å². The number of likely N-dealkylation sites (tertiary alicyclic amines) is 1. The van der Waals surface area contributed by atoms with Crippen LogP contribution in [0.3, 0.4) is 0 Å². The third-order valence-electron chi connectivity index (χ3n) is 5.42. The van der Waals surface area contributed by atoms with Crippen molar-refractivity contribution in [2.75, 3.05) is 13.1 Å². The zero-order valence-electron chi connectivity index (χ0n) is 15.1. The van der Waals surface area contributed by atoms with E-state index in [-0.39, 0.29) is 12.0 Å². The summed E-state index contributed by atoms with van der Waals surface area (Å²) in [6.07, 6.45) is 3.17. The molecular weight excluding hydrogens is 314 g/mol. The number of ether oxygens (including phenoxy) is 1. The molecule has 1 atom stereocenters. The van der Waals surface area contributed by atoms with Crippen LogP contribution in [0.4, 0.5) is 0 Å². The van der Waals surface area contributed by atoms with Crippen LogP contribution in [-0.2, 0) is 12.8 Å². The fraction of sp³-hybridized carbons (Fsp3) is 0.500. The van der Waals surface area contributed by atoms with E-state index in [9.17, 15) is 4.79 Å². The molecule has 0 unspecified atom stereocenters. The molecule has 1 aromatic carbocycles. The van der Waals surface area contributed by atoms with Crippen LogP contribution in [0.15, 0.2) is 18.2 Å².